The summed E-state index contributed by atoms with van der Waals surface area (Å²) < 4.78 is 0. The van der Waals surface area contributed by atoms with E-state index in [0.717, 1.165) is 37.6 Å². The smallest absolute Gasteiger partial charge is 0.0403 e. The predicted octanol–water partition coefficient (Wildman–Crippen LogP) is 2.62. The maximum Gasteiger partial charge on any atom is 0.0403 e. The first-order chi connectivity index (χ1) is 8.36. The molecule has 1 aromatic rings. The van der Waals surface area contributed by atoms with Crippen molar-refractivity contribution in [1.82, 2.24) is 9.88 Å². The van der Waals surface area contributed by atoms with Crippen LogP contribution in [0.5, 0.6) is 0 Å². The predicted molar refractivity (Wildman–Crippen MR) is 77.3 cm³/mol. The van der Waals surface area contributed by atoms with Crippen LogP contribution in [0.25, 0.3) is 0 Å². The van der Waals surface area contributed by atoms with E-state index in [1.54, 1.807) is 0 Å². The van der Waals surface area contributed by atoms with Crippen molar-refractivity contribution in [1.29, 1.82) is 0 Å². The number of aryl methyl sites for hydroxylation is 2. The zero-order chi connectivity index (χ0) is 13.3. The van der Waals surface area contributed by atoms with Crippen molar-refractivity contribution in [3.05, 3.63) is 23.5 Å². The van der Waals surface area contributed by atoms with E-state index in [-0.39, 0.29) is 5.54 Å². The largest absolute Gasteiger partial charge is 0.369 e. The summed E-state index contributed by atoms with van der Waals surface area (Å²) in [6.45, 7) is 15.5. The summed E-state index contributed by atoms with van der Waals surface area (Å²) in [7, 11) is 0. The minimum atomic E-state index is 0.288. The number of anilines is 1. The van der Waals surface area contributed by atoms with Gasteiger partial charge in [0.05, 0.1) is 0 Å². The Hall–Kier alpha value is -1.09. The van der Waals surface area contributed by atoms with E-state index in [1.807, 2.05) is 0 Å². The topological polar surface area (TPSA) is 19.4 Å². The highest BCUT2D eigenvalue weighted by Crippen LogP contribution is 2.21. The van der Waals surface area contributed by atoms with Crippen molar-refractivity contribution in [3.63, 3.8) is 0 Å². The highest BCUT2D eigenvalue weighted by atomic mass is 15.3. The van der Waals surface area contributed by atoms with Crippen molar-refractivity contribution in [2.45, 2.75) is 40.2 Å². The molecule has 1 fully saturated rings. The zero-order valence-corrected chi connectivity index (χ0v) is 12.3. The van der Waals surface area contributed by atoms with E-state index >= 15 is 0 Å². The molecule has 0 amide bonds. The third-order valence-electron chi connectivity index (χ3n) is 3.66. The van der Waals surface area contributed by atoms with Crippen molar-refractivity contribution in [2.24, 2.45) is 0 Å². The van der Waals surface area contributed by atoms with Gasteiger partial charge in [0.2, 0.25) is 0 Å². The van der Waals surface area contributed by atoms with Crippen LogP contribution >= 0.6 is 0 Å². The van der Waals surface area contributed by atoms with Crippen molar-refractivity contribution < 1.29 is 0 Å². The molecule has 1 aliphatic rings. The normalized spacial score (nSPS) is 18.2. The molecule has 0 aliphatic carbocycles. The third kappa shape index (κ3) is 3.02. The first-order valence-corrected chi connectivity index (χ1v) is 6.81. The van der Waals surface area contributed by atoms with Crippen molar-refractivity contribution >= 4 is 5.69 Å². The van der Waals surface area contributed by atoms with Gasteiger partial charge in [-0.2, -0.15) is 0 Å². The lowest BCUT2D eigenvalue weighted by atomic mass is 10.0. The molecule has 2 heterocycles. The van der Waals surface area contributed by atoms with Crippen LogP contribution in [0.3, 0.4) is 0 Å². The molecule has 0 radical (unpaired) electrons. The number of nitrogens with zero attached hydrogens (tertiary/aromatic N) is 3. The first-order valence-electron chi connectivity index (χ1n) is 6.81. The highest BCUT2D eigenvalue weighted by molar-refractivity contribution is 5.48. The molecule has 100 valence electrons. The maximum absolute atomic E-state index is 4.45. The molecule has 18 heavy (non-hydrogen) atoms. The maximum atomic E-state index is 4.45. The molecule has 0 saturated carbocycles. The SMILES string of the molecule is Cc1cc(N2CCN(C(C)(C)C)CC2)cc(C)n1. The number of pyridine rings is 1. The summed E-state index contributed by atoms with van der Waals surface area (Å²) in [6, 6.07) is 4.39. The number of piperazine rings is 1. The second kappa shape index (κ2) is 4.88. The fourth-order valence-corrected chi connectivity index (χ4v) is 2.63. The fraction of sp³-hybridized carbons (Fsp3) is 0.667. The number of aromatic nitrogens is 1. The van der Waals surface area contributed by atoms with Gasteiger partial charge in [-0.05, 0) is 46.8 Å². The summed E-state index contributed by atoms with van der Waals surface area (Å²) in [6.07, 6.45) is 0. The molecule has 1 aliphatic heterocycles. The molecule has 1 aromatic heterocycles. The van der Waals surface area contributed by atoms with Crippen LogP contribution in [0.4, 0.5) is 5.69 Å². The lowest BCUT2D eigenvalue weighted by Gasteiger charge is -2.43. The molecule has 3 nitrogen and oxygen atoms in total. The van der Waals surface area contributed by atoms with Gasteiger partial charge >= 0.3 is 0 Å². The van der Waals surface area contributed by atoms with Gasteiger partial charge < -0.3 is 4.90 Å². The van der Waals surface area contributed by atoms with E-state index in [1.165, 1.54) is 5.69 Å². The Morgan fingerprint density at radius 1 is 0.944 bits per heavy atom. The highest BCUT2D eigenvalue weighted by Gasteiger charge is 2.25. The van der Waals surface area contributed by atoms with Gasteiger partial charge in [-0.15, -0.1) is 0 Å². The van der Waals surface area contributed by atoms with Gasteiger partial charge in [0.1, 0.15) is 0 Å². The monoisotopic (exact) mass is 247 g/mol. The quantitative estimate of drug-likeness (QED) is 0.760. The molecule has 0 spiro atoms. The molecule has 1 saturated heterocycles. The molecular weight excluding hydrogens is 222 g/mol. The second-order valence-electron chi connectivity index (χ2n) is 6.25. The minimum absolute atomic E-state index is 0.288. The van der Waals surface area contributed by atoms with Crippen molar-refractivity contribution in [2.75, 3.05) is 31.1 Å². The summed E-state index contributed by atoms with van der Waals surface area (Å²) in [4.78, 5) is 9.48. The molecule has 0 unspecified atom stereocenters. The van der Waals surface area contributed by atoms with E-state index in [9.17, 15) is 0 Å². The van der Waals surface area contributed by atoms with Crippen LogP contribution in [-0.2, 0) is 0 Å². The molecule has 0 N–H and O–H groups in total. The average Bonchev–Trinajstić information content (AvgIpc) is 2.27. The standard InChI is InChI=1S/C15H25N3/c1-12-10-14(11-13(2)16-12)17-6-8-18(9-7-17)15(3,4)5/h10-11H,6-9H2,1-5H3. The third-order valence-corrected chi connectivity index (χ3v) is 3.66. The summed E-state index contributed by atoms with van der Waals surface area (Å²) in [5, 5.41) is 0. The van der Waals surface area contributed by atoms with Gasteiger partial charge in [-0.3, -0.25) is 9.88 Å². The Morgan fingerprint density at radius 2 is 1.44 bits per heavy atom. The zero-order valence-electron chi connectivity index (χ0n) is 12.3. The molecule has 2 rings (SSSR count). The molecule has 3 heteroatoms. The molecule has 0 atom stereocenters. The fourth-order valence-electron chi connectivity index (χ4n) is 2.63. The van der Waals surface area contributed by atoms with Crippen LogP contribution in [0, 0.1) is 13.8 Å². The van der Waals surface area contributed by atoms with E-state index in [2.05, 4.69) is 61.5 Å². The molecule has 0 bridgehead atoms. The number of hydrogen-bond acceptors (Lipinski definition) is 3. The molecule has 0 aromatic carbocycles. The minimum Gasteiger partial charge on any atom is -0.369 e. The van der Waals surface area contributed by atoms with Crippen LogP contribution < -0.4 is 4.90 Å². The van der Waals surface area contributed by atoms with Gasteiger partial charge in [0.15, 0.2) is 0 Å². The van der Waals surface area contributed by atoms with Gasteiger partial charge in [0.25, 0.3) is 0 Å². The number of rotatable bonds is 1. The lowest BCUT2D eigenvalue weighted by molar-refractivity contribution is 0.128. The van der Waals surface area contributed by atoms with Crippen LogP contribution in [0.1, 0.15) is 32.2 Å². The Balaban J connectivity index is 2.05. The first kappa shape index (κ1) is 13.3. The van der Waals surface area contributed by atoms with E-state index in [0.29, 0.717) is 0 Å². The van der Waals surface area contributed by atoms with Crippen molar-refractivity contribution in [3.8, 4) is 0 Å². The van der Waals surface area contributed by atoms with Gasteiger partial charge in [-0.1, -0.05) is 0 Å². The Kier molecular flexibility index (Phi) is 3.62. The summed E-state index contributed by atoms with van der Waals surface area (Å²) in [5.74, 6) is 0. The van der Waals surface area contributed by atoms with E-state index < -0.39 is 0 Å². The second-order valence-corrected chi connectivity index (χ2v) is 6.25. The van der Waals surface area contributed by atoms with Crippen LogP contribution in [0.15, 0.2) is 12.1 Å². The summed E-state index contributed by atoms with van der Waals surface area (Å²) >= 11 is 0. The lowest BCUT2D eigenvalue weighted by Crippen LogP contribution is -2.53. The molecular formula is C15H25N3. The Labute approximate surface area is 111 Å². The average molecular weight is 247 g/mol. The van der Waals surface area contributed by atoms with E-state index in [4.69, 9.17) is 0 Å². The summed E-state index contributed by atoms with van der Waals surface area (Å²) in [5.41, 5.74) is 3.84. The Bertz CT molecular complexity index is 392. The number of hydrogen-bond donors (Lipinski definition) is 0. The Morgan fingerprint density at radius 3 is 1.89 bits per heavy atom. The van der Waals surface area contributed by atoms with Crippen LogP contribution in [0.2, 0.25) is 0 Å². The van der Waals surface area contributed by atoms with Gasteiger partial charge in [0, 0.05) is 48.8 Å². The van der Waals surface area contributed by atoms with Crippen LogP contribution in [-0.4, -0.2) is 41.6 Å². The van der Waals surface area contributed by atoms with Gasteiger partial charge in [-0.25, -0.2) is 0 Å².